The molecule has 0 aliphatic rings. The van der Waals surface area contributed by atoms with E-state index in [4.69, 9.17) is 27.9 Å². The average Bonchev–Trinajstić information content (AvgIpc) is 2.46. The van der Waals surface area contributed by atoms with Crippen molar-refractivity contribution in [2.75, 3.05) is 7.11 Å². The number of carbonyl (C=O) groups is 1. The number of carbonyl (C=O) groups excluding carboxylic acids is 1. The molecule has 2 rings (SSSR count). The summed E-state index contributed by atoms with van der Waals surface area (Å²) in [6.45, 7) is 3.78. The number of amides is 1. The normalized spacial score (nSPS) is 11.1. The molecule has 0 aliphatic heterocycles. The van der Waals surface area contributed by atoms with Gasteiger partial charge < -0.3 is 10.1 Å². The summed E-state index contributed by atoms with van der Waals surface area (Å²) >= 11 is 12.1. The number of hydrogen-bond donors (Lipinski definition) is 1. The molecular weight excluding hydrogens is 321 g/mol. The van der Waals surface area contributed by atoms with Gasteiger partial charge in [-0.1, -0.05) is 29.3 Å². The molecule has 0 saturated carbocycles. The summed E-state index contributed by atoms with van der Waals surface area (Å²) in [6, 6.07) is 12.2. The van der Waals surface area contributed by atoms with Crippen molar-refractivity contribution < 1.29 is 9.53 Å². The summed E-state index contributed by atoms with van der Waals surface area (Å²) < 4.78 is 5.08. The minimum atomic E-state index is -0.626. The fourth-order valence-corrected chi connectivity index (χ4v) is 2.81. The lowest BCUT2D eigenvalue weighted by atomic mass is 9.93. The maximum atomic E-state index is 12.4. The molecule has 0 radical (unpaired) electrons. The fourth-order valence-electron chi connectivity index (χ4n) is 2.16. The summed E-state index contributed by atoms with van der Waals surface area (Å²) in [7, 11) is 1.58. The Morgan fingerprint density at radius 1 is 1.09 bits per heavy atom. The van der Waals surface area contributed by atoms with Gasteiger partial charge in [0.05, 0.1) is 12.6 Å². The summed E-state index contributed by atoms with van der Waals surface area (Å²) in [6.07, 6.45) is 0. The van der Waals surface area contributed by atoms with Gasteiger partial charge in [-0.3, -0.25) is 4.79 Å². The Morgan fingerprint density at radius 2 is 1.73 bits per heavy atom. The Balaban J connectivity index is 2.21. The van der Waals surface area contributed by atoms with Crippen molar-refractivity contribution in [3.8, 4) is 5.75 Å². The van der Waals surface area contributed by atoms with Gasteiger partial charge in [-0.25, -0.2) is 0 Å². The van der Waals surface area contributed by atoms with Crippen molar-refractivity contribution in [3.63, 3.8) is 0 Å². The average molecular weight is 338 g/mol. The molecule has 22 heavy (non-hydrogen) atoms. The Kier molecular flexibility index (Phi) is 4.99. The van der Waals surface area contributed by atoms with Crippen LogP contribution < -0.4 is 10.1 Å². The van der Waals surface area contributed by atoms with Crippen molar-refractivity contribution in [1.29, 1.82) is 0 Å². The third-order valence-corrected chi connectivity index (χ3v) is 3.93. The smallest absolute Gasteiger partial charge is 0.251 e. The third-order valence-electron chi connectivity index (χ3n) is 3.38. The van der Waals surface area contributed by atoms with Gasteiger partial charge in [0.25, 0.3) is 5.91 Å². The fraction of sp³-hybridized carbons (Fsp3) is 0.235. The van der Waals surface area contributed by atoms with Crippen LogP contribution in [0.3, 0.4) is 0 Å². The van der Waals surface area contributed by atoms with Crippen LogP contribution in [0.5, 0.6) is 5.75 Å². The van der Waals surface area contributed by atoms with Crippen molar-refractivity contribution in [3.05, 3.63) is 63.6 Å². The van der Waals surface area contributed by atoms with E-state index in [2.05, 4.69) is 5.32 Å². The van der Waals surface area contributed by atoms with Crippen LogP contribution in [0, 0.1) is 0 Å². The second-order valence-electron chi connectivity index (χ2n) is 5.43. The second-order valence-corrected chi connectivity index (χ2v) is 6.28. The highest BCUT2D eigenvalue weighted by Gasteiger charge is 2.26. The summed E-state index contributed by atoms with van der Waals surface area (Å²) in [5.41, 5.74) is 0.734. The first-order chi connectivity index (χ1) is 10.3. The number of nitrogens with one attached hydrogen (secondary N) is 1. The molecule has 2 aromatic rings. The van der Waals surface area contributed by atoms with Gasteiger partial charge >= 0.3 is 0 Å². The summed E-state index contributed by atoms with van der Waals surface area (Å²) in [4.78, 5) is 12.4. The Labute approximate surface area is 140 Å². The lowest BCUT2D eigenvalue weighted by Crippen LogP contribution is -2.41. The van der Waals surface area contributed by atoms with E-state index in [1.54, 1.807) is 43.5 Å². The van der Waals surface area contributed by atoms with Gasteiger partial charge in [0.1, 0.15) is 5.75 Å². The minimum Gasteiger partial charge on any atom is -0.497 e. The first-order valence-corrected chi connectivity index (χ1v) is 7.51. The molecule has 0 bridgehead atoms. The molecule has 1 amide bonds. The third kappa shape index (κ3) is 3.73. The quantitative estimate of drug-likeness (QED) is 0.880. The molecule has 0 aromatic heterocycles. The van der Waals surface area contributed by atoms with Gasteiger partial charge in [-0.15, -0.1) is 0 Å². The zero-order valence-corrected chi connectivity index (χ0v) is 14.1. The number of methoxy groups -OCH3 is 1. The van der Waals surface area contributed by atoms with E-state index in [1.165, 1.54) is 0 Å². The van der Waals surface area contributed by atoms with Crippen molar-refractivity contribution in [2.45, 2.75) is 19.4 Å². The van der Waals surface area contributed by atoms with Crippen LogP contribution in [0.25, 0.3) is 0 Å². The Morgan fingerprint density at radius 3 is 2.27 bits per heavy atom. The van der Waals surface area contributed by atoms with Crippen LogP contribution in [0.15, 0.2) is 42.5 Å². The van der Waals surface area contributed by atoms with E-state index in [1.807, 2.05) is 19.9 Å². The second kappa shape index (κ2) is 6.59. The van der Waals surface area contributed by atoms with Crippen molar-refractivity contribution >= 4 is 29.1 Å². The molecule has 3 nitrogen and oxygen atoms in total. The molecule has 0 saturated heterocycles. The van der Waals surface area contributed by atoms with Crippen molar-refractivity contribution in [1.82, 2.24) is 5.32 Å². The predicted octanol–water partition coefficient (Wildman–Crippen LogP) is 4.67. The van der Waals surface area contributed by atoms with E-state index < -0.39 is 5.54 Å². The van der Waals surface area contributed by atoms with E-state index in [-0.39, 0.29) is 5.91 Å². The highest BCUT2D eigenvalue weighted by molar-refractivity contribution is 6.35. The Hall–Kier alpha value is -1.71. The number of halogens is 2. The summed E-state index contributed by atoms with van der Waals surface area (Å²) in [5.74, 6) is 0.523. The predicted molar refractivity (Wildman–Crippen MR) is 89.9 cm³/mol. The van der Waals surface area contributed by atoms with Crippen LogP contribution in [0.1, 0.15) is 29.8 Å². The van der Waals surface area contributed by atoms with E-state index in [0.29, 0.717) is 21.4 Å². The van der Waals surface area contributed by atoms with Crippen molar-refractivity contribution in [2.24, 2.45) is 0 Å². The van der Waals surface area contributed by atoms with E-state index in [9.17, 15) is 4.79 Å². The first kappa shape index (κ1) is 16.7. The molecule has 0 fully saturated rings. The largest absolute Gasteiger partial charge is 0.497 e. The highest BCUT2D eigenvalue weighted by atomic mass is 35.5. The van der Waals surface area contributed by atoms with Gasteiger partial charge in [-0.05, 0) is 55.8 Å². The van der Waals surface area contributed by atoms with E-state index >= 15 is 0 Å². The molecule has 0 aliphatic carbocycles. The first-order valence-electron chi connectivity index (χ1n) is 6.75. The van der Waals surface area contributed by atoms with Crippen LogP contribution in [0.2, 0.25) is 10.0 Å². The minimum absolute atomic E-state index is 0.182. The molecule has 0 spiro atoms. The van der Waals surface area contributed by atoms with Gasteiger partial charge in [0.15, 0.2) is 0 Å². The Bertz CT molecular complexity index is 682. The van der Waals surface area contributed by atoms with Gasteiger partial charge in [-0.2, -0.15) is 0 Å². The maximum absolute atomic E-state index is 12.4. The molecule has 1 N–H and O–H groups in total. The highest BCUT2D eigenvalue weighted by Crippen LogP contribution is 2.30. The van der Waals surface area contributed by atoms with Gasteiger partial charge in [0, 0.05) is 15.6 Å². The molecule has 2 aromatic carbocycles. The zero-order chi connectivity index (χ0) is 16.3. The molecule has 116 valence electrons. The standard InChI is InChI=1S/C17H17Cl2NO2/c1-17(2,14-9-6-12(18)10-15(14)19)20-16(21)11-4-7-13(22-3)8-5-11/h4-10H,1-3H3,(H,20,21). The molecule has 0 atom stereocenters. The number of rotatable bonds is 4. The number of hydrogen-bond acceptors (Lipinski definition) is 2. The molecule has 0 unspecified atom stereocenters. The number of benzene rings is 2. The monoisotopic (exact) mass is 337 g/mol. The van der Waals surface area contributed by atoms with Crippen LogP contribution in [-0.4, -0.2) is 13.0 Å². The van der Waals surface area contributed by atoms with Crippen LogP contribution in [-0.2, 0) is 5.54 Å². The van der Waals surface area contributed by atoms with Gasteiger partial charge in [0.2, 0.25) is 0 Å². The molecule has 5 heteroatoms. The molecular formula is C17H17Cl2NO2. The summed E-state index contributed by atoms with van der Waals surface area (Å²) in [5, 5.41) is 4.06. The zero-order valence-electron chi connectivity index (χ0n) is 12.6. The lowest BCUT2D eigenvalue weighted by Gasteiger charge is -2.28. The van der Waals surface area contributed by atoms with Crippen LogP contribution >= 0.6 is 23.2 Å². The SMILES string of the molecule is COc1ccc(C(=O)NC(C)(C)c2ccc(Cl)cc2Cl)cc1. The topological polar surface area (TPSA) is 38.3 Å². The van der Waals surface area contributed by atoms with Crippen LogP contribution in [0.4, 0.5) is 0 Å². The number of ether oxygens (including phenoxy) is 1. The van der Waals surface area contributed by atoms with E-state index in [0.717, 1.165) is 5.56 Å². The maximum Gasteiger partial charge on any atom is 0.251 e. The molecule has 0 heterocycles. The lowest BCUT2D eigenvalue weighted by molar-refractivity contribution is 0.0912.